The molecule has 0 aliphatic carbocycles. The number of benzene rings is 1. The van der Waals surface area contributed by atoms with Crippen LogP contribution in [0.1, 0.15) is 16.2 Å². The lowest BCUT2D eigenvalue weighted by molar-refractivity contribution is 0.0663. The predicted molar refractivity (Wildman–Crippen MR) is 75.4 cm³/mol. The van der Waals surface area contributed by atoms with E-state index in [2.05, 4.69) is 10.3 Å². The van der Waals surface area contributed by atoms with Crippen LogP contribution >= 0.6 is 0 Å². The molecule has 0 saturated carbocycles. The molecule has 100 valence electrons. The van der Waals surface area contributed by atoms with E-state index in [1.54, 1.807) is 6.07 Å². The van der Waals surface area contributed by atoms with Gasteiger partial charge >= 0.3 is 5.97 Å². The van der Waals surface area contributed by atoms with Crippen molar-refractivity contribution in [2.45, 2.75) is 6.92 Å². The molecule has 0 aliphatic rings. The first kappa shape index (κ1) is 12.2. The number of carboxylic acid groups (broad SMARTS) is 1. The molecule has 5 heteroatoms. The summed E-state index contributed by atoms with van der Waals surface area (Å²) in [6.07, 6.45) is 0. The number of hydrogen-bond donors (Lipinski definition) is 2. The predicted octanol–water partition coefficient (Wildman–Crippen LogP) is 3.58. The standard InChI is InChI=1S/C15H12N2O3/c1-9-5-6-10-3-2-4-11(14(10)16-9)17-13-8-7-12(20-13)15(18)19/h2-8,17H,1H3,(H,18,19). The van der Waals surface area contributed by atoms with Gasteiger partial charge in [0.25, 0.3) is 0 Å². The van der Waals surface area contributed by atoms with Crippen LogP contribution in [0.2, 0.25) is 0 Å². The van der Waals surface area contributed by atoms with Gasteiger partial charge in [0.2, 0.25) is 5.76 Å². The van der Waals surface area contributed by atoms with Crippen molar-refractivity contribution in [1.29, 1.82) is 0 Å². The van der Waals surface area contributed by atoms with Crippen molar-refractivity contribution >= 4 is 28.4 Å². The largest absolute Gasteiger partial charge is 0.475 e. The Kier molecular flexibility index (Phi) is 2.87. The molecule has 2 aromatic heterocycles. The minimum absolute atomic E-state index is 0.100. The summed E-state index contributed by atoms with van der Waals surface area (Å²) in [4.78, 5) is 15.3. The highest BCUT2D eigenvalue weighted by atomic mass is 16.4. The van der Waals surface area contributed by atoms with Crippen molar-refractivity contribution in [3.8, 4) is 0 Å². The maximum Gasteiger partial charge on any atom is 0.371 e. The molecule has 0 spiro atoms. The van der Waals surface area contributed by atoms with E-state index in [-0.39, 0.29) is 5.76 Å². The van der Waals surface area contributed by atoms with E-state index in [0.717, 1.165) is 22.3 Å². The number of nitrogens with zero attached hydrogens (tertiary/aromatic N) is 1. The van der Waals surface area contributed by atoms with Crippen molar-refractivity contribution in [2.75, 3.05) is 5.32 Å². The molecule has 0 bridgehead atoms. The lowest BCUT2D eigenvalue weighted by Gasteiger charge is -2.07. The molecular formula is C15H12N2O3. The number of carbonyl (C=O) groups is 1. The molecule has 0 amide bonds. The molecule has 20 heavy (non-hydrogen) atoms. The topological polar surface area (TPSA) is 75.4 Å². The quantitative estimate of drug-likeness (QED) is 0.759. The summed E-state index contributed by atoms with van der Waals surface area (Å²) in [7, 11) is 0. The number of para-hydroxylation sites is 1. The van der Waals surface area contributed by atoms with Crippen molar-refractivity contribution < 1.29 is 14.3 Å². The number of fused-ring (bicyclic) bond motifs is 1. The van der Waals surface area contributed by atoms with Crippen LogP contribution < -0.4 is 5.32 Å². The van der Waals surface area contributed by atoms with Crippen LogP contribution in [0.4, 0.5) is 11.6 Å². The summed E-state index contributed by atoms with van der Waals surface area (Å²) in [5.41, 5.74) is 2.51. The first-order chi connectivity index (χ1) is 9.63. The number of aromatic carboxylic acids is 1. The van der Waals surface area contributed by atoms with E-state index in [4.69, 9.17) is 9.52 Å². The summed E-state index contributed by atoms with van der Waals surface area (Å²) in [6.45, 7) is 1.92. The SMILES string of the molecule is Cc1ccc2cccc(Nc3ccc(C(=O)O)o3)c2n1. The third kappa shape index (κ3) is 2.21. The number of rotatable bonds is 3. The van der Waals surface area contributed by atoms with E-state index < -0.39 is 5.97 Å². The summed E-state index contributed by atoms with van der Waals surface area (Å²) in [5, 5.41) is 12.9. The molecule has 3 rings (SSSR count). The first-order valence-corrected chi connectivity index (χ1v) is 6.10. The number of anilines is 2. The average molecular weight is 268 g/mol. The second kappa shape index (κ2) is 4.70. The van der Waals surface area contributed by atoms with Crippen LogP contribution in [-0.2, 0) is 0 Å². The maximum absolute atomic E-state index is 10.8. The fourth-order valence-corrected chi connectivity index (χ4v) is 2.00. The Labute approximate surface area is 114 Å². The van der Waals surface area contributed by atoms with Crippen molar-refractivity contribution in [3.05, 3.63) is 53.9 Å². The van der Waals surface area contributed by atoms with Gasteiger partial charge in [0.05, 0.1) is 11.2 Å². The number of aromatic nitrogens is 1. The number of hydrogen-bond acceptors (Lipinski definition) is 4. The van der Waals surface area contributed by atoms with Crippen LogP contribution in [0.3, 0.4) is 0 Å². The summed E-state index contributed by atoms with van der Waals surface area (Å²) < 4.78 is 5.19. The second-order valence-corrected chi connectivity index (χ2v) is 4.42. The van der Waals surface area contributed by atoms with Gasteiger partial charge in [-0.05, 0) is 25.1 Å². The molecule has 0 saturated heterocycles. The van der Waals surface area contributed by atoms with Gasteiger partial charge in [-0.2, -0.15) is 0 Å². The molecule has 0 fully saturated rings. The van der Waals surface area contributed by atoms with E-state index >= 15 is 0 Å². The molecule has 0 unspecified atom stereocenters. The van der Waals surface area contributed by atoms with Gasteiger partial charge in [-0.3, -0.25) is 4.98 Å². The highest BCUT2D eigenvalue weighted by Gasteiger charge is 2.10. The van der Waals surface area contributed by atoms with E-state index in [0.29, 0.717) is 5.88 Å². The first-order valence-electron chi connectivity index (χ1n) is 6.10. The van der Waals surface area contributed by atoms with Crippen molar-refractivity contribution in [1.82, 2.24) is 4.98 Å². The average Bonchev–Trinajstić information content (AvgIpc) is 2.88. The van der Waals surface area contributed by atoms with Gasteiger partial charge in [0.1, 0.15) is 0 Å². The zero-order chi connectivity index (χ0) is 14.1. The van der Waals surface area contributed by atoms with Gasteiger partial charge in [-0.1, -0.05) is 18.2 Å². The van der Waals surface area contributed by atoms with Crippen LogP contribution in [0.5, 0.6) is 0 Å². The zero-order valence-electron chi connectivity index (χ0n) is 10.8. The number of pyridine rings is 1. The maximum atomic E-state index is 10.8. The minimum atomic E-state index is -1.09. The molecule has 1 aromatic carbocycles. The second-order valence-electron chi connectivity index (χ2n) is 4.42. The zero-order valence-corrected chi connectivity index (χ0v) is 10.8. The number of nitrogens with one attached hydrogen (secondary N) is 1. The van der Waals surface area contributed by atoms with E-state index in [1.165, 1.54) is 6.07 Å². The summed E-state index contributed by atoms with van der Waals surface area (Å²) in [6, 6.07) is 12.7. The molecule has 0 atom stereocenters. The Bertz CT molecular complexity index is 793. The van der Waals surface area contributed by atoms with E-state index in [9.17, 15) is 4.79 Å². The highest BCUT2D eigenvalue weighted by Crippen LogP contribution is 2.26. The fourth-order valence-electron chi connectivity index (χ4n) is 2.00. The third-order valence-electron chi connectivity index (χ3n) is 2.93. The molecular weight excluding hydrogens is 256 g/mol. The normalized spacial score (nSPS) is 10.7. The number of aryl methyl sites for hydroxylation is 1. The molecule has 3 aromatic rings. The Morgan fingerprint density at radius 1 is 1.20 bits per heavy atom. The van der Waals surface area contributed by atoms with Gasteiger partial charge in [0, 0.05) is 17.1 Å². The van der Waals surface area contributed by atoms with E-state index in [1.807, 2.05) is 37.3 Å². The molecule has 2 N–H and O–H groups in total. The number of furan rings is 1. The van der Waals surface area contributed by atoms with Gasteiger partial charge in [0.15, 0.2) is 5.88 Å². The molecule has 5 nitrogen and oxygen atoms in total. The van der Waals surface area contributed by atoms with Gasteiger partial charge < -0.3 is 14.8 Å². The lowest BCUT2D eigenvalue weighted by atomic mass is 10.2. The van der Waals surface area contributed by atoms with Crippen LogP contribution in [0, 0.1) is 6.92 Å². The van der Waals surface area contributed by atoms with Crippen LogP contribution in [-0.4, -0.2) is 16.1 Å². The molecule has 2 heterocycles. The smallest absolute Gasteiger partial charge is 0.371 e. The van der Waals surface area contributed by atoms with Gasteiger partial charge in [-0.25, -0.2) is 4.79 Å². The van der Waals surface area contributed by atoms with Crippen LogP contribution in [0.15, 0.2) is 46.9 Å². The summed E-state index contributed by atoms with van der Waals surface area (Å²) in [5.74, 6) is -0.819. The number of carboxylic acids is 1. The lowest BCUT2D eigenvalue weighted by Crippen LogP contribution is -1.94. The fraction of sp³-hybridized carbons (Fsp3) is 0.0667. The third-order valence-corrected chi connectivity index (χ3v) is 2.93. The van der Waals surface area contributed by atoms with Crippen molar-refractivity contribution in [3.63, 3.8) is 0 Å². The van der Waals surface area contributed by atoms with Crippen LogP contribution in [0.25, 0.3) is 10.9 Å². The Morgan fingerprint density at radius 3 is 2.80 bits per heavy atom. The molecule has 0 radical (unpaired) electrons. The minimum Gasteiger partial charge on any atom is -0.475 e. The van der Waals surface area contributed by atoms with Gasteiger partial charge in [-0.15, -0.1) is 0 Å². The Balaban J connectivity index is 2.01. The van der Waals surface area contributed by atoms with Crippen molar-refractivity contribution in [2.24, 2.45) is 0 Å². The monoisotopic (exact) mass is 268 g/mol. The Hall–Kier alpha value is -2.82. The Morgan fingerprint density at radius 2 is 2.05 bits per heavy atom. The summed E-state index contributed by atoms with van der Waals surface area (Å²) >= 11 is 0. The highest BCUT2D eigenvalue weighted by molar-refractivity contribution is 5.92. The molecule has 0 aliphatic heterocycles.